The van der Waals surface area contributed by atoms with E-state index in [1.165, 1.54) is 0 Å². The minimum atomic E-state index is -3.59. The van der Waals surface area contributed by atoms with Gasteiger partial charge in [-0.25, -0.2) is 8.42 Å². The number of hydrogen-bond donors (Lipinski definition) is 0. The Bertz CT molecular complexity index is 599. The predicted molar refractivity (Wildman–Crippen MR) is 79.8 cm³/mol. The Morgan fingerprint density at radius 2 is 1.71 bits per heavy atom. The van der Waals surface area contributed by atoms with Gasteiger partial charge in [-0.05, 0) is 32.9 Å². The summed E-state index contributed by atoms with van der Waals surface area (Å²) in [5, 5.41) is 0. The van der Waals surface area contributed by atoms with Crippen LogP contribution in [0.5, 0.6) is 0 Å². The molecule has 5 nitrogen and oxygen atoms in total. The lowest BCUT2D eigenvalue weighted by Crippen LogP contribution is -2.49. The van der Waals surface area contributed by atoms with Gasteiger partial charge < -0.3 is 9.64 Å². The third-order valence-electron chi connectivity index (χ3n) is 3.47. The van der Waals surface area contributed by atoms with Crippen LogP contribution in [0.3, 0.4) is 0 Å². The first-order chi connectivity index (χ1) is 9.78. The van der Waals surface area contributed by atoms with Crippen LogP contribution in [0.1, 0.15) is 19.4 Å². The molecule has 0 aliphatic carbocycles. The highest BCUT2D eigenvalue weighted by molar-refractivity contribution is 7.92. The van der Waals surface area contributed by atoms with E-state index in [0.717, 1.165) is 5.56 Å². The Morgan fingerprint density at radius 1 is 1.19 bits per heavy atom. The van der Waals surface area contributed by atoms with Crippen molar-refractivity contribution in [3.8, 4) is 0 Å². The van der Waals surface area contributed by atoms with Crippen LogP contribution in [-0.2, 0) is 19.4 Å². The molecule has 21 heavy (non-hydrogen) atoms. The number of aryl methyl sites for hydroxylation is 1. The molecule has 0 saturated carbocycles. The highest BCUT2D eigenvalue weighted by Gasteiger charge is 2.29. The van der Waals surface area contributed by atoms with E-state index in [-0.39, 0.29) is 23.0 Å². The summed E-state index contributed by atoms with van der Waals surface area (Å²) < 4.78 is 30.1. The largest absolute Gasteiger partial charge is 0.372 e. The minimum Gasteiger partial charge on any atom is -0.372 e. The van der Waals surface area contributed by atoms with Crippen molar-refractivity contribution < 1.29 is 17.9 Å². The molecular weight excluding hydrogens is 290 g/mol. The minimum absolute atomic E-state index is 0.0696. The molecule has 0 spiro atoms. The maximum Gasteiger partial charge on any atom is 0.238 e. The molecule has 1 aromatic rings. The van der Waals surface area contributed by atoms with E-state index < -0.39 is 15.6 Å². The number of sulfone groups is 1. The van der Waals surface area contributed by atoms with Gasteiger partial charge in [0.1, 0.15) is 5.75 Å². The van der Waals surface area contributed by atoms with Gasteiger partial charge in [0.25, 0.3) is 0 Å². The van der Waals surface area contributed by atoms with Gasteiger partial charge in [0.05, 0.1) is 17.1 Å². The second-order valence-electron chi connectivity index (χ2n) is 5.63. The molecule has 0 bridgehead atoms. The number of hydrogen-bond acceptors (Lipinski definition) is 4. The average molecular weight is 311 g/mol. The van der Waals surface area contributed by atoms with Crippen molar-refractivity contribution in [2.75, 3.05) is 18.8 Å². The van der Waals surface area contributed by atoms with Crippen molar-refractivity contribution >= 4 is 15.7 Å². The lowest BCUT2D eigenvalue weighted by atomic mass is 10.2. The van der Waals surface area contributed by atoms with Gasteiger partial charge in [-0.1, -0.05) is 17.7 Å². The summed E-state index contributed by atoms with van der Waals surface area (Å²) in [5.74, 6) is -0.854. The van der Waals surface area contributed by atoms with E-state index in [4.69, 9.17) is 4.74 Å². The quantitative estimate of drug-likeness (QED) is 0.846. The topological polar surface area (TPSA) is 63.7 Å². The molecule has 2 atom stereocenters. The van der Waals surface area contributed by atoms with Crippen LogP contribution >= 0.6 is 0 Å². The molecule has 1 aliphatic rings. The van der Waals surface area contributed by atoms with E-state index >= 15 is 0 Å². The second-order valence-corrected chi connectivity index (χ2v) is 7.62. The normalized spacial score (nSPS) is 23.1. The second kappa shape index (κ2) is 6.15. The maximum atomic E-state index is 12.3. The zero-order valence-corrected chi connectivity index (χ0v) is 13.4. The van der Waals surface area contributed by atoms with Crippen molar-refractivity contribution in [2.24, 2.45) is 0 Å². The number of carbonyl (C=O) groups is 1. The van der Waals surface area contributed by atoms with Crippen LogP contribution in [0, 0.1) is 6.92 Å². The molecule has 1 heterocycles. The lowest BCUT2D eigenvalue weighted by Gasteiger charge is -2.35. The van der Waals surface area contributed by atoms with Gasteiger partial charge >= 0.3 is 0 Å². The molecule has 1 aromatic carbocycles. The summed E-state index contributed by atoms with van der Waals surface area (Å²) in [4.78, 5) is 14.0. The first kappa shape index (κ1) is 16.0. The van der Waals surface area contributed by atoms with Crippen molar-refractivity contribution in [2.45, 2.75) is 37.9 Å². The van der Waals surface area contributed by atoms with E-state index in [2.05, 4.69) is 0 Å². The van der Waals surface area contributed by atoms with Gasteiger partial charge in [-0.2, -0.15) is 0 Å². The smallest absolute Gasteiger partial charge is 0.238 e. The molecule has 0 aromatic heterocycles. The Labute approximate surface area is 125 Å². The Kier molecular flexibility index (Phi) is 4.68. The Hall–Kier alpha value is -1.40. The van der Waals surface area contributed by atoms with E-state index in [0.29, 0.717) is 13.1 Å². The van der Waals surface area contributed by atoms with Crippen molar-refractivity contribution in [3.63, 3.8) is 0 Å². The number of benzene rings is 1. The summed E-state index contributed by atoms with van der Waals surface area (Å²) in [6.07, 6.45) is -0.139. The van der Waals surface area contributed by atoms with Gasteiger partial charge in [0.15, 0.2) is 9.84 Å². The number of rotatable bonds is 3. The summed E-state index contributed by atoms with van der Waals surface area (Å²) in [6, 6.07) is 6.55. The Morgan fingerprint density at radius 3 is 2.24 bits per heavy atom. The van der Waals surface area contributed by atoms with Gasteiger partial charge in [0, 0.05) is 13.1 Å². The molecule has 1 aliphatic heterocycles. The summed E-state index contributed by atoms with van der Waals surface area (Å²) >= 11 is 0. The average Bonchev–Trinajstić information content (AvgIpc) is 2.37. The number of ether oxygens (including phenoxy) is 1. The molecular formula is C15H21NO4S. The fourth-order valence-electron chi connectivity index (χ4n) is 2.46. The monoisotopic (exact) mass is 311 g/mol. The van der Waals surface area contributed by atoms with E-state index in [9.17, 15) is 13.2 Å². The molecule has 1 fully saturated rings. The third kappa shape index (κ3) is 4.04. The third-order valence-corrected chi connectivity index (χ3v) is 5.08. The number of nitrogens with zero attached hydrogens (tertiary/aromatic N) is 1. The van der Waals surface area contributed by atoms with Crippen LogP contribution in [0.15, 0.2) is 29.2 Å². The maximum absolute atomic E-state index is 12.3. The van der Waals surface area contributed by atoms with Crippen molar-refractivity contribution in [1.82, 2.24) is 4.90 Å². The van der Waals surface area contributed by atoms with Crippen molar-refractivity contribution in [3.05, 3.63) is 29.8 Å². The van der Waals surface area contributed by atoms with Crippen molar-refractivity contribution in [1.29, 1.82) is 0 Å². The summed E-state index contributed by atoms with van der Waals surface area (Å²) in [7, 11) is -3.59. The number of morpholine rings is 1. The molecule has 1 amide bonds. The molecule has 0 unspecified atom stereocenters. The van der Waals surface area contributed by atoms with Crippen LogP contribution in [-0.4, -0.2) is 50.3 Å². The van der Waals surface area contributed by atoms with Crippen LogP contribution in [0.25, 0.3) is 0 Å². The standard InChI is InChI=1S/C15H21NO4S/c1-11-4-6-14(7-5-11)21(18,19)10-15(17)16-8-12(2)20-13(3)9-16/h4-7,12-13H,8-10H2,1-3H3/t12-,13-/m1/s1. The van der Waals surface area contributed by atoms with Crippen LogP contribution in [0.2, 0.25) is 0 Å². The fourth-order valence-corrected chi connectivity index (χ4v) is 3.69. The van der Waals surface area contributed by atoms with Gasteiger partial charge in [-0.15, -0.1) is 0 Å². The molecule has 116 valence electrons. The van der Waals surface area contributed by atoms with E-state index in [1.54, 1.807) is 29.2 Å². The number of amides is 1. The molecule has 0 N–H and O–H groups in total. The van der Waals surface area contributed by atoms with Crippen LogP contribution in [0.4, 0.5) is 0 Å². The predicted octanol–water partition coefficient (Wildman–Crippen LogP) is 1.40. The van der Waals surface area contributed by atoms with Gasteiger partial charge in [0.2, 0.25) is 5.91 Å². The molecule has 0 radical (unpaired) electrons. The SMILES string of the molecule is Cc1ccc(S(=O)(=O)CC(=O)N2C[C@@H](C)O[C@H](C)C2)cc1. The zero-order valence-electron chi connectivity index (χ0n) is 12.6. The highest BCUT2D eigenvalue weighted by Crippen LogP contribution is 2.15. The number of carbonyl (C=O) groups excluding carboxylic acids is 1. The molecule has 2 rings (SSSR count). The summed E-state index contributed by atoms with van der Waals surface area (Å²) in [5.41, 5.74) is 0.983. The first-order valence-electron chi connectivity index (χ1n) is 7.00. The molecule has 6 heteroatoms. The zero-order chi connectivity index (χ0) is 15.6. The fraction of sp³-hybridized carbons (Fsp3) is 0.533. The highest BCUT2D eigenvalue weighted by atomic mass is 32.2. The van der Waals surface area contributed by atoms with Gasteiger partial charge in [-0.3, -0.25) is 4.79 Å². The lowest BCUT2D eigenvalue weighted by molar-refractivity contribution is -0.140. The van der Waals surface area contributed by atoms with Crippen LogP contribution < -0.4 is 0 Å². The van der Waals surface area contributed by atoms with E-state index in [1.807, 2.05) is 20.8 Å². The molecule has 1 saturated heterocycles. The summed E-state index contributed by atoms with van der Waals surface area (Å²) in [6.45, 7) is 6.52. The Balaban J connectivity index is 2.09. The first-order valence-corrected chi connectivity index (χ1v) is 8.66.